The van der Waals surface area contributed by atoms with Crippen LogP contribution in [0.15, 0.2) is 24.3 Å². The van der Waals surface area contributed by atoms with Gasteiger partial charge >= 0.3 is 5.97 Å². The van der Waals surface area contributed by atoms with Crippen molar-refractivity contribution in [3.63, 3.8) is 0 Å². The van der Waals surface area contributed by atoms with Gasteiger partial charge < -0.3 is 15.0 Å². The van der Waals surface area contributed by atoms with Crippen LogP contribution in [0.25, 0.3) is 0 Å². The van der Waals surface area contributed by atoms with Gasteiger partial charge in [0.1, 0.15) is 0 Å². The fourth-order valence-corrected chi connectivity index (χ4v) is 1.95. The number of carbonyl (C=O) groups excluding carboxylic acids is 2. The molecule has 0 spiro atoms. The van der Waals surface area contributed by atoms with Crippen molar-refractivity contribution < 1.29 is 14.3 Å². The summed E-state index contributed by atoms with van der Waals surface area (Å²) >= 11 is 0. The molecule has 0 saturated carbocycles. The Morgan fingerprint density at radius 1 is 1.14 bits per heavy atom. The molecule has 0 aliphatic carbocycles. The van der Waals surface area contributed by atoms with E-state index in [1.54, 1.807) is 19.9 Å². The maximum atomic E-state index is 12.5. The Balaban J connectivity index is 3.01. The molecule has 0 aliphatic heterocycles. The van der Waals surface area contributed by atoms with E-state index < -0.39 is 11.0 Å². The number of carbonyl (C=O) groups is 2. The molecule has 0 bridgehead atoms. The first-order chi connectivity index (χ1) is 10.0. The van der Waals surface area contributed by atoms with Crippen LogP contribution in [0.3, 0.4) is 0 Å². The zero-order chi connectivity index (χ0) is 17.1. The molecule has 1 amide bonds. The molecule has 122 valence electrons. The normalized spacial score (nSPS) is 11.8. The monoisotopic (exact) mass is 306 g/mol. The highest BCUT2D eigenvalue weighted by molar-refractivity contribution is 5.96. The van der Waals surface area contributed by atoms with E-state index in [9.17, 15) is 9.59 Å². The Labute approximate surface area is 132 Å². The minimum Gasteiger partial charge on any atom is -0.469 e. The average molecular weight is 306 g/mol. The number of nitrogens with zero attached hydrogens (tertiary/aromatic N) is 1. The second-order valence-electron chi connectivity index (χ2n) is 6.64. The predicted molar refractivity (Wildman–Crippen MR) is 88.1 cm³/mol. The van der Waals surface area contributed by atoms with Crippen LogP contribution in [-0.4, -0.2) is 38.6 Å². The molecule has 0 unspecified atom stereocenters. The van der Waals surface area contributed by atoms with E-state index in [2.05, 4.69) is 5.32 Å². The van der Waals surface area contributed by atoms with E-state index in [1.807, 2.05) is 51.0 Å². The summed E-state index contributed by atoms with van der Waals surface area (Å²) in [4.78, 5) is 26.4. The number of rotatable bonds is 5. The van der Waals surface area contributed by atoms with Gasteiger partial charge in [-0.2, -0.15) is 0 Å². The lowest BCUT2D eigenvalue weighted by Gasteiger charge is -2.39. The molecule has 22 heavy (non-hydrogen) atoms. The fourth-order valence-electron chi connectivity index (χ4n) is 1.95. The Kier molecular flexibility index (Phi) is 5.22. The molecule has 0 atom stereocenters. The topological polar surface area (TPSA) is 58.6 Å². The van der Waals surface area contributed by atoms with Gasteiger partial charge in [0.05, 0.1) is 18.1 Å². The van der Waals surface area contributed by atoms with Crippen molar-refractivity contribution in [2.24, 2.45) is 5.41 Å². The minimum absolute atomic E-state index is 0.217. The summed E-state index contributed by atoms with van der Waals surface area (Å²) < 4.78 is 4.84. The molecule has 1 aromatic carbocycles. The standard InChI is InChI=1S/C17H26N2O3/c1-16(2,15(21)22-7)17(3,4)18-14(20)12-9-8-10-13(11-12)19(5)6/h8-11H,1-7H3,(H,18,20). The first-order valence-electron chi connectivity index (χ1n) is 7.21. The zero-order valence-corrected chi connectivity index (χ0v) is 14.5. The fraction of sp³-hybridized carbons (Fsp3) is 0.529. The summed E-state index contributed by atoms with van der Waals surface area (Å²) in [6.07, 6.45) is 0. The molecule has 1 N–H and O–H groups in total. The Bertz CT molecular complexity index is 563. The number of methoxy groups -OCH3 is 1. The van der Waals surface area contributed by atoms with Crippen molar-refractivity contribution in [2.75, 3.05) is 26.1 Å². The third-order valence-corrected chi connectivity index (χ3v) is 4.31. The number of hydrogen-bond acceptors (Lipinski definition) is 4. The SMILES string of the molecule is COC(=O)C(C)(C)C(C)(C)NC(=O)c1cccc(N(C)C)c1. The van der Waals surface area contributed by atoms with E-state index in [1.165, 1.54) is 7.11 Å². The smallest absolute Gasteiger partial charge is 0.313 e. The molecule has 1 aromatic rings. The van der Waals surface area contributed by atoms with Gasteiger partial charge in [0, 0.05) is 25.3 Å². The number of ether oxygens (including phenoxy) is 1. The first kappa shape index (κ1) is 18.0. The number of nitrogens with one attached hydrogen (secondary N) is 1. The van der Waals surface area contributed by atoms with Crippen molar-refractivity contribution >= 4 is 17.6 Å². The van der Waals surface area contributed by atoms with Crippen molar-refractivity contribution in [2.45, 2.75) is 33.2 Å². The van der Waals surface area contributed by atoms with Gasteiger partial charge in [-0.1, -0.05) is 6.07 Å². The molecule has 0 aliphatic rings. The lowest BCUT2D eigenvalue weighted by molar-refractivity contribution is -0.154. The van der Waals surface area contributed by atoms with E-state index in [0.717, 1.165) is 5.69 Å². The Hall–Kier alpha value is -2.04. The third-order valence-electron chi connectivity index (χ3n) is 4.31. The Morgan fingerprint density at radius 3 is 2.23 bits per heavy atom. The lowest BCUT2D eigenvalue weighted by atomic mass is 9.74. The highest BCUT2D eigenvalue weighted by atomic mass is 16.5. The van der Waals surface area contributed by atoms with E-state index in [-0.39, 0.29) is 11.9 Å². The van der Waals surface area contributed by atoms with Gasteiger partial charge in [-0.3, -0.25) is 9.59 Å². The first-order valence-corrected chi connectivity index (χ1v) is 7.21. The van der Waals surface area contributed by atoms with Gasteiger partial charge in [-0.25, -0.2) is 0 Å². The average Bonchev–Trinajstić information content (AvgIpc) is 2.45. The zero-order valence-electron chi connectivity index (χ0n) is 14.5. The minimum atomic E-state index is -0.851. The number of anilines is 1. The van der Waals surface area contributed by atoms with Gasteiger partial charge in [0.15, 0.2) is 0 Å². The van der Waals surface area contributed by atoms with Crippen molar-refractivity contribution in [3.05, 3.63) is 29.8 Å². The summed E-state index contributed by atoms with van der Waals surface area (Å²) in [6.45, 7) is 7.15. The predicted octanol–water partition coefficient (Wildman–Crippen LogP) is 2.46. The molecule has 1 rings (SSSR count). The molecule has 0 fully saturated rings. The molecule has 0 radical (unpaired) electrons. The lowest BCUT2D eigenvalue weighted by Crippen LogP contribution is -2.57. The maximum Gasteiger partial charge on any atom is 0.313 e. The van der Waals surface area contributed by atoms with Crippen LogP contribution in [0.2, 0.25) is 0 Å². The van der Waals surface area contributed by atoms with Crippen LogP contribution in [-0.2, 0) is 9.53 Å². The van der Waals surface area contributed by atoms with Gasteiger partial charge in [-0.15, -0.1) is 0 Å². The highest BCUT2D eigenvalue weighted by Crippen LogP contribution is 2.32. The summed E-state index contributed by atoms with van der Waals surface area (Å²) in [5, 5.41) is 2.94. The van der Waals surface area contributed by atoms with Crippen LogP contribution < -0.4 is 10.2 Å². The summed E-state index contributed by atoms with van der Waals surface area (Å²) in [7, 11) is 5.19. The Morgan fingerprint density at radius 2 is 1.73 bits per heavy atom. The summed E-state index contributed by atoms with van der Waals surface area (Å²) in [6, 6.07) is 7.34. The van der Waals surface area contributed by atoms with Gasteiger partial charge in [0.25, 0.3) is 5.91 Å². The number of amides is 1. The van der Waals surface area contributed by atoms with Crippen LogP contribution in [0.5, 0.6) is 0 Å². The van der Waals surface area contributed by atoms with E-state index in [4.69, 9.17) is 4.74 Å². The van der Waals surface area contributed by atoms with E-state index >= 15 is 0 Å². The molecular weight excluding hydrogens is 280 g/mol. The maximum absolute atomic E-state index is 12.5. The van der Waals surface area contributed by atoms with Crippen LogP contribution in [0.4, 0.5) is 5.69 Å². The number of esters is 1. The quantitative estimate of drug-likeness (QED) is 0.849. The van der Waals surface area contributed by atoms with Crippen LogP contribution >= 0.6 is 0 Å². The van der Waals surface area contributed by atoms with Gasteiger partial charge in [0.2, 0.25) is 0 Å². The third kappa shape index (κ3) is 3.59. The second-order valence-corrected chi connectivity index (χ2v) is 6.64. The van der Waals surface area contributed by atoms with Crippen LogP contribution in [0.1, 0.15) is 38.1 Å². The molecular formula is C17H26N2O3. The second kappa shape index (κ2) is 6.38. The summed E-state index contributed by atoms with van der Waals surface area (Å²) in [5.74, 6) is -0.578. The van der Waals surface area contributed by atoms with E-state index in [0.29, 0.717) is 5.56 Å². The molecule has 0 aromatic heterocycles. The number of hydrogen-bond donors (Lipinski definition) is 1. The molecule has 5 nitrogen and oxygen atoms in total. The largest absolute Gasteiger partial charge is 0.469 e. The molecule has 5 heteroatoms. The molecule has 0 saturated heterocycles. The number of benzene rings is 1. The van der Waals surface area contributed by atoms with Crippen molar-refractivity contribution in [3.8, 4) is 0 Å². The van der Waals surface area contributed by atoms with Crippen LogP contribution in [0, 0.1) is 5.41 Å². The van der Waals surface area contributed by atoms with Crippen molar-refractivity contribution in [1.29, 1.82) is 0 Å². The summed E-state index contributed by atoms with van der Waals surface area (Å²) in [5.41, 5.74) is -0.111. The molecule has 0 heterocycles. The van der Waals surface area contributed by atoms with Gasteiger partial charge in [-0.05, 0) is 45.9 Å². The van der Waals surface area contributed by atoms with Crippen molar-refractivity contribution in [1.82, 2.24) is 5.32 Å². The highest BCUT2D eigenvalue weighted by Gasteiger charge is 2.45.